The molecule has 3 heteroatoms. The number of carboxylic acid groups (broad SMARTS) is 1. The van der Waals surface area contributed by atoms with Gasteiger partial charge in [0.25, 0.3) is 0 Å². The number of hydrogen-bond acceptors (Lipinski definition) is 2. The fourth-order valence-corrected chi connectivity index (χ4v) is 0.681. The minimum atomic E-state index is -0.817. The van der Waals surface area contributed by atoms with E-state index in [0.29, 0.717) is 13.0 Å². The Morgan fingerprint density at radius 1 is 1.82 bits per heavy atom. The maximum atomic E-state index is 10.7. The summed E-state index contributed by atoms with van der Waals surface area (Å²) in [7, 11) is 1.80. The molecule has 0 saturated heterocycles. The van der Waals surface area contributed by atoms with Gasteiger partial charge in [-0.2, -0.15) is 0 Å². The van der Waals surface area contributed by atoms with E-state index in [1.165, 1.54) is 6.08 Å². The van der Waals surface area contributed by atoms with Crippen molar-refractivity contribution in [3.05, 3.63) is 12.7 Å². The van der Waals surface area contributed by atoms with Gasteiger partial charge in [-0.3, -0.25) is 4.79 Å². The van der Waals surface area contributed by atoms with Crippen molar-refractivity contribution < 1.29 is 9.90 Å². The summed E-state index contributed by atoms with van der Waals surface area (Å²) in [5.41, 5.74) is -0.789. The van der Waals surface area contributed by atoms with E-state index in [2.05, 4.69) is 11.9 Å². The van der Waals surface area contributed by atoms with E-state index in [1.54, 1.807) is 14.0 Å². The first-order valence-electron chi connectivity index (χ1n) is 3.58. The number of hydrogen-bond donors (Lipinski definition) is 2. The molecule has 2 N–H and O–H groups in total. The minimum absolute atomic E-state index is 0.572. The third-order valence-corrected chi connectivity index (χ3v) is 1.83. The van der Waals surface area contributed by atoms with E-state index < -0.39 is 11.4 Å². The molecule has 3 nitrogen and oxygen atoms in total. The van der Waals surface area contributed by atoms with Crippen molar-refractivity contribution in [2.45, 2.75) is 13.3 Å². The highest BCUT2D eigenvalue weighted by atomic mass is 16.4. The Balaban J connectivity index is 4.10. The summed E-state index contributed by atoms with van der Waals surface area (Å²) in [5.74, 6) is -0.817. The average Bonchev–Trinajstić information content (AvgIpc) is 2.00. The Morgan fingerprint density at radius 3 is 2.64 bits per heavy atom. The molecule has 0 rings (SSSR count). The van der Waals surface area contributed by atoms with Gasteiger partial charge < -0.3 is 10.4 Å². The molecular formula is C8H15NO2. The largest absolute Gasteiger partial charge is 0.481 e. The first-order valence-corrected chi connectivity index (χ1v) is 3.58. The maximum absolute atomic E-state index is 10.7. The first kappa shape index (κ1) is 10.2. The molecule has 1 unspecified atom stereocenters. The molecule has 11 heavy (non-hydrogen) atoms. The van der Waals surface area contributed by atoms with Gasteiger partial charge in [-0.15, -0.1) is 6.58 Å². The predicted octanol–water partition coefficient (Wildman–Crippen LogP) is 0.873. The van der Waals surface area contributed by atoms with Gasteiger partial charge in [0.1, 0.15) is 0 Å². The molecule has 0 saturated carbocycles. The van der Waals surface area contributed by atoms with Gasteiger partial charge in [0.2, 0.25) is 0 Å². The van der Waals surface area contributed by atoms with Crippen molar-refractivity contribution in [3.63, 3.8) is 0 Å². The summed E-state index contributed by atoms with van der Waals surface area (Å²) in [6.07, 6.45) is 2.05. The van der Waals surface area contributed by atoms with Crippen LogP contribution in [0.1, 0.15) is 13.3 Å². The minimum Gasteiger partial charge on any atom is -0.481 e. The van der Waals surface area contributed by atoms with Crippen molar-refractivity contribution in [1.29, 1.82) is 0 Å². The molecular weight excluding hydrogens is 142 g/mol. The maximum Gasteiger partial charge on any atom is 0.313 e. The van der Waals surface area contributed by atoms with Crippen LogP contribution in [0.25, 0.3) is 0 Å². The van der Waals surface area contributed by atoms with Gasteiger partial charge in [-0.25, -0.2) is 0 Å². The standard InChI is InChI=1S/C8H15NO2/c1-4-8(2,7(10)11)5-6-9-3/h4,9H,1,5-6H2,2-3H3,(H,10,11). The van der Waals surface area contributed by atoms with Gasteiger partial charge in [0.05, 0.1) is 5.41 Å². The lowest BCUT2D eigenvalue weighted by atomic mass is 9.87. The Hall–Kier alpha value is -0.830. The van der Waals surface area contributed by atoms with Crippen LogP contribution in [-0.4, -0.2) is 24.7 Å². The van der Waals surface area contributed by atoms with Crippen LogP contribution >= 0.6 is 0 Å². The van der Waals surface area contributed by atoms with Crippen molar-refractivity contribution in [1.82, 2.24) is 5.32 Å². The molecule has 0 radical (unpaired) electrons. The van der Waals surface area contributed by atoms with Crippen LogP contribution in [0, 0.1) is 5.41 Å². The fraction of sp³-hybridized carbons (Fsp3) is 0.625. The molecule has 0 bridgehead atoms. The van der Waals surface area contributed by atoms with Crippen LogP contribution < -0.4 is 5.32 Å². The summed E-state index contributed by atoms with van der Waals surface area (Å²) >= 11 is 0. The zero-order valence-corrected chi connectivity index (χ0v) is 7.05. The molecule has 0 heterocycles. The number of nitrogens with one attached hydrogen (secondary N) is 1. The van der Waals surface area contributed by atoms with E-state index in [0.717, 1.165) is 0 Å². The van der Waals surface area contributed by atoms with Crippen molar-refractivity contribution in [2.24, 2.45) is 5.41 Å². The monoisotopic (exact) mass is 157 g/mol. The smallest absolute Gasteiger partial charge is 0.313 e. The Bertz CT molecular complexity index is 156. The summed E-state index contributed by atoms with van der Waals surface area (Å²) in [6, 6.07) is 0. The Labute approximate surface area is 67.1 Å². The summed E-state index contributed by atoms with van der Waals surface area (Å²) in [6.45, 7) is 5.85. The number of aliphatic carboxylic acids is 1. The summed E-state index contributed by atoms with van der Waals surface area (Å²) in [5, 5.41) is 11.7. The molecule has 64 valence electrons. The van der Waals surface area contributed by atoms with Gasteiger partial charge in [-0.05, 0) is 26.9 Å². The van der Waals surface area contributed by atoms with E-state index >= 15 is 0 Å². The third-order valence-electron chi connectivity index (χ3n) is 1.83. The van der Waals surface area contributed by atoms with Gasteiger partial charge in [0.15, 0.2) is 0 Å². The van der Waals surface area contributed by atoms with Gasteiger partial charge >= 0.3 is 5.97 Å². The highest BCUT2D eigenvalue weighted by Gasteiger charge is 2.28. The van der Waals surface area contributed by atoms with Crippen molar-refractivity contribution >= 4 is 5.97 Å². The normalized spacial score (nSPS) is 15.5. The van der Waals surface area contributed by atoms with Crippen molar-refractivity contribution in [2.75, 3.05) is 13.6 Å². The van der Waals surface area contributed by atoms with E-state index in [4.69, 9.17) is 5.11 Å². The SMILES string of the molecule is C=CC(C)(CCNC)C(=O)O. The summed E-state index contributed by atoms with van der Waals surface area (Å²) in [4.78, 5) is 10.7. The molecule has 0 aliphatic carbocycles. The van der Waals surface area contributed by atoms with Crippen LogP contribution in [0.5, 0.6) is 0 Å². The van der Waals surface area contributed by atoms with E-state index in [9.17, 15) is 4.79 Å². The topological polar surface area (TPSA) is 49.3 Å². The average molecular weight is 157 g/mol. The first-order chi connectivity index (χ1) is 5.06. The fourth-order valence-electron chi connectivity index (χ4n) is 0.681. The summed E-state index contributed by atoms with van der Waals surface area (Å²) < 4.78 is 0. The second kappa shape index (κ2) is 4.13. The molecule has 0 spiro atoms. The van der Waals surface area contributed by atoms with Crippen LogP contribution in [0.4, 0.5) is 0 Å². The van der Waals surface area contributed by atoms with Crippen LogP contribution in [0.2, 0.25) is 0 Å². The van der Waals surface area contributed by atoms with Gasteiger partial charge in [-0.1, -0.05) is 6.08 Å². The molecule has 0 aromatic rings. The lowest BCUT2D eigenvalue weighted by molar-refractivity contribution is -0.145. The third kappa shape index (κ3) is 2.72. The lowest BCUT2D eigenvalue weighted by Crippen LogP contribution is -2.28. The number of carbonyl (C=O) groups is 1. The lowest BCUT2D eigenvalue weighted by Gasteiger charge is -2.19. The van der Waals surface area contributed by atoms with Crippen LogP contribution in [0.3, 0.4) is 0 Å². The van der Waals surface area contributed by atoms with Crippen molar-refractivity contribution in [3.8, 4) is 0 Å². The number of rotatable bonds is 5. The number of carboxylic acids is 1. The van der Waals surface area contributed by atoms with Crippen LogP contribution in [0.15, 0.2) is 12.7 Å². The van der Waals surface area contributed by atoms with E-state index in [1.807, 2.05) is 0 Å². The molecule has 0 aliphatic heterocycles. The molecule has 0 aromatic carbocycles. The molecule has 0 aromatic heterocycles. The molecule has 0 amide bonds. The Morgan fingerprint density at radius 2 is 2.36 bits per heavy atom. The Kier molecular flexibility index (Phi) is 3.82. The molecule has 0 aliphatic rings. The predicted molar refractivity (Wildman–Crippen MR) is 44.5 cm³/mol. The zero-order chi connectivity index (χ0) is 8.91. The van der Waals surface area contributed by atoms with Gasteiger partial charge in [0, 0.05) is 0 Å². The second-order valence-corrected chi connectivity index (χ2v) is 2.78. The quantitative estimate of drug-likeness (QED) is 0.582. The highest BCUT2D eigenvalue weighted by molar-refractivity contribution is 5.76. The van der Waals surface area contributed by atoms with E-state index in [-0.39, 0.29) is 0 Å². The molecule has 0 fully saturated rings. The zero-order valence-electron chi connectivity index (χ0n) is 7.05. The molecule has 1 atom stereocenters. The highest BCUT2D eigenvalue weighted by Crippen LogP contribution is 2.21. The second-order valence-electron chi connectivity index (χ2n) is 2.78. The van der Waals surface area contributed by atoms with Crippen LogP contribution in [-0.2, 0) is 4.79 Å².